The first-order chi connectivity index (χ1) is 40.0. The van der Waals surface area contributed by atoms with Gasteiger partial charge in [0.25, 0.3) is 0 Å². The van der Waals surface area contributed by atoms with Gasteiger partial charge in [-0.05, 0) is 135 Å². The number of hydrogen-bond donors (Lipinski definition) is 0. The maximum absolute atomic E-state index is 12.8. The van der Waals surface area contributed by atoms with Crippen molar-refractivity contribution in [1.29, 1.82) is 0 Å². The molecule has 0 fully saturated rings. The molecule has 0 aromatic rings. The third-order valence-electron chi connectivity index (χ3n) is 13.2. The summed E-state index contributed by atoms with van der Waals surface area (Å²) in [5, 5.41) is 0. The van der Waals surface area contributed by atoms with Gasteiger partial charge in [0.1, 0.15) is 13.2 Å². The first-order valence-electron chi connectivity index (χ1n) is 32.6. The van der Waals surface area contributed by atoms with E-state index in [1.54, 1.807) is 0 Å². The number of unbranched alkanes of at least 4 members (excludes halogenated alkanes) is 18. The van der Waals surface area contributed by atoms with E-state index in [2.05, 4.69) is 191 Å². The van der Waals surface area contributed by atoms with E-state index in [-0.39, 0.29) is 31.1 Å². The van der Waals surface area contributed by atoms with E-state index in [1.165, 1.54) is 51.4 Å². The van der Waals surface area contributed by atoms with E-state index in [0.29, 0.717) is 19.3 Å². The van der Waals surface area contributed by atoms with E-state index in [9.17, 15) is 14.4 Å². The highest BCUT2D eigenvalue weighted by atomic mass is 16.6. The molecule has 0 saturated heterocycles. The summed E-state index contributed by atoms with van der Waals surface area (Å²) in [6, 6.07) is 0. The predicted octanol–water partition coefficient (Wildman–Crippen LogP) is 22.7. The maximum atomic E-state index is 12.8. The van der Waals surface area contributed by atoms with Crippen LogP contribution in [0.5, 0.6) is 0 Å². The van der Waals surface area contributed by atoms with E-state index in [0.717, 1.165) is 173 Å². The average molecular weight is 1120 g/mol. The van der Waals surface area contributed by atoms with Crippen LogP contribution in [0.3, 0.4) is 0 Å². The second-order valence-corrected chi connectivity index (χ2v) is 20.9. The highest BCUT2D eigenvalue weighted by Gasteiger charge is 2.19. The van der Waals surface area contributed by atoms with Crippen molar-refractivity contribution in [3.63, 3.8) is 0 Å². The number of allylic oxidation sites excluding steroid dienone is 28. The molecule has 0 aromatic carbocycles. The molecule has 81 heavy (non-hydrogen) atoms. The van der Waals surface area contributed by atoms with Crippen LogP contribution in [0, 0.1) is 0 Å². The second kappa shape index (κ2) is 67.3. The minimum atomic E-state index is -0.796. The molecule has 0 saturated carbocycles. The fourth-order valence-corrected chi connectivity index (χ4v) is 8.40. The Bertz CT molecular complexity index is 1860. The summed E-state index contributed by atoms with van der Waals surface area (Å²) in [7, 11) is 0. The zero-order valence-electron chi connectivity index (χ0n) is 52.0. The fourth-order valence-electron chi connectivity index (χ4n) is 8.40. The molecule has 6 nitrogen and oxygen atoms in total. The lowest BCUT2D eigenvalue weighted by Gasteiger charge is -2.18. The maximum Gasteiger partial charge on any atom is 0.306 e. The molecule has 0 aromatic heterocycles. The van der Waals surface area contributed by atoms with Gasteiger partial charge in [0.05, 0.1) is 0 Å². The molecule has 0 radical (unpaired) electrons. The van der Waals surface area contributed by atoms with Crippen molar-refractivity contribution in [2.75, 3.05) is 13.2 Å². The quantitative estimate of drug-likeness (QED) is 0.0261. The van der Waals surface area contributed by atoms with Crippen LogP contribution in [0.2, 0.25) is 0 Å². The Kier molecular flexibility index (Phi) is 62.9. The molecule has 0 aliphatic heterocycles. The third-order valence-corrected chi connectivity index (χ3v) is 13.2. The van der Waals surface area contributed by atoms with Gasteiger partial charge in [0, 0.05) is 19.3 Å². The Hall–Kier alpha value is -5.23. The summed E-state index contributed by atoms with van der Waals surface area (Å²) in [5.41, 5.74) is 0. The smallest absolute Gasteiger partial charge is 0.306 e. The SMILES string of the molecule is CC/C=C\C/C=C\C/C=C\C/C=C\C/C=C\C/C=C\C/C=C\C/C=C\C/C=C\C/C=C\CCCCCCC(=O)OCC(COC(=O)CCCCCCC)OC(=O)CCCCCCCCCCCC/C=C\C/C=C\C/C=C\C/C=C\CC. The minimum absolute atomic E-state index is 0.0945. The fraction of sp³-hybridized carbons (Fsp3) is 0.587. The van der Waals surface area contributed by atoms with Crippen molar-refractivity contribution >= 4 is 17.9 Å². The highest BCUT2D eigenvalue weighted by molar-refractivity contribution is 5.71. The summed E-state index contributed by atoms with van der Waals surface area (Å²) in [6.45, 7) is 6.30. The van der Waals surface area contributed by atoms with Gasteiger partial charge in [0.15, 0.2) is 6.10 Å². The molecule has 1 unspecified atom stereocenters. The Morgan fingerprint density at radius 3 is 0.753 bits per heavy atom. The van der Waals surface area contributed by atoms with E-state index in [1.807, 2.05) is 0 Å². The summed E-state index contributed by atoms with van der Waals surface area (Å²) in [6.07, 6.45) is 99.8. The lowest BCUT2D eigenvalue weighted by Crippen LogP contribution is -2.30. The lowest BCUT2D eigenvalue weighted by atomic mass is 10.0. The number of carbonyl (C=O) groups is 3. The number of carbonyl (C=O) groups excluding carboxylic acids is 3. The molecule has 0 aliphatic carbocycles. The van der Waals surface area contributed by atoms with Gasteiger partial charge in [-0.25, -0.2) is 0 Å². The van der Waals surface area contributed by atoms with Crippen LogP contribution in [0.4, 0.5) is 0 Å². The number of esters is 3. The first kappa shape index (κ1) is 75.8. The monoisotopic (exact) mass is 1110 g/mol. The molecule has 6 heteroatoms. The molecule has 1 atom stereocenters. The molecule has 0 heterocycles. The van der Waals surface area contributed by atoms with Gasteiger partial charge < -0.3 is 14.2 Å². The van der Waals surface area contributed by atoms with Crippen molar-refractivity contribution < 1.29 is 28.6 Å². The number of hydrogen-bond acceptors (Lipinski definition) is 6. The summed E-state index contributed by atoms with van der Waals surface area (Å²) >= 11 is 0. The van der Waals surface area contributed by atoms with Crippen LogP contribution >= 0.6 is 0 Å². The molecule has 0 aliphatic rings. The number of ether oxygens (including phenoxy) is 3. The van der Waals surface area contributed by atoms with Gasteiger partial charge >= 0.3 is 17.9 Å². The molecule has 0 bridgehead atoms. The highest BCUT2D eigenvalue weighted by Crippen LogP contribution is 2.15. The van der Waals surface area contributed by atoms with Gasteiger partial charge in [-0.3, -0.25) is 14.4 Å². The zero-order valence-corrected chi connectivity index (χ0v) is 52.0. The van der Waals surface area contributed by atoms with Crippen LogP contribution in [0.25, 0.3) is 0 Å². The Morgan fingerprint density at radius 2 is 0.481 bits per heavy atom. The van der Waals surface area contributed by atoms with Crippen LogP contribution in [-0.2, 0) is 28.6 Å². The molecular weight excluding hydrogens is 997 g/mol. The standard InChI is InChI=1S/C75H118O6/c1-4-7-10-13-15-17-19-21-23-25-27-29-31-32-33-34-35-36-37-38-39-40-41-42-44-45-47-49-51-53-55-57-59-62-65-68-74(77)80-71-72(70-79-73(76)67-64-61-12-9-6-3)81-75(78)69-66-63-60-58-56-54-52-50-48-46-43-30-28-26-24-22-20-18-16-14-11-8-5-2/h7-8,10-11,15-18,21-24,27-30,32-33,35-36,38-39,41-42,45,47,51,53,72H,4-6,9,12-14,19-20,25-26,31,34,37,40,43-44,46,48-50,52,54-71H2,1-3H3/b10-7-,11-8-,17-15-,18-16-,23-21-,24-22-,29-27-,30-28-,33-32-,36-35-,39-38-,42-41-,47-45-,53-51-. The summed E-state index contributed by atoms with van der Waals surface area (Å²) in [5.74, 6) is -0.944. The molecular formula is C75H118O6. The Labute approximate surface area is 498 Å². The largest absolute Gasteiger partial charge is 0.462 e. The molecule has 0 N–H and O–H groups in total. The van der Waals surface area contributed by atoms with Gasteiger partial charge in [0.2, 0.25) is 0 Å². The van der Waals surface area contributed by atoms with Crippen LogP contribution in [0.1, 0.15) is 265 Å². The zero-order chi connectivity index (χ0) is 58.5. The topological polar surface area (TPSA) is 78.9 Å². The van der Waals surface area contributed by atoms with Gasteiger partial charge in [-0.2, -0.15) is 0 Å². The summed E-state index contributed by atoms with van der Waals surface area (Å²) in [4.78, 5) is 37.9. The van der Waals surface area contributed by atoms with Crippen LogP contribution in [0.15, 0.2) is 170 Å². The van der Waals surface area contributed by atoms with Crippen molar-refractivity contribution in [3.8, 4) is 0 Å². The molecule has 0 spiro atoms. The third kappa shape index (κ3) is 65.5. The molecule has 0 rings (SSSR count). The van der Waals surface area contributed by atoms with E-state index in [4.69, 9.17) is 14.2 Å². The minimum Gasteiger partial charge on any atom is -0.462 e. The molecule has 454 valence electrons. The average Bonchev–Trinajstić information content (AvgIpc) is 3.47. The molecule has 0 amide bonds. The van der Waals surface area contributed by atoms with E-state index < -0.39 is 6.10 Å². The van der Waals surface area contributed by atoms with E-state index >= 15 is 0 Å². The first-order valence-corrected chi connectivity index (χ1v) is 32.6. The van der Waals surface area contributed by atoms with Crippen molar-refractivity contribution in [1.82, 2.24) is 0 Å². The van der Waals surface area contributed by atoms with Crippen molar-refractivity contribution in [2.45, 2.75) is 271 Å². The normalized spacial score (nSPS) is 13.3. The lowest BCUT2D eigenvalue weighted by molar-refractivity contribution is -0.167. The Morgan fingerprint density at radius 1 is 0.259 bits per heavy atom. The summed E-state index contributed by atoms with van der Waals surface area (Å²) < 4.78 is 16.7. The van der Waals surface area contributed by atoms with Gasteiger partial charge in [-0.1, -0.05) is 281 Å². The van der Waals surface area contributed by atoms with Crippen molar-refractivity contribution in [3.05, 3.63) is 170 Å². The Balaban J connectivity index is 4.15. The van der Waals surface area contributed by atoms with Crippen LogP contribution in [-0.4, -0.2) is 37.2 Å². The van der Waals surface area contributed by atoms with Crippen molar-refractivity contribution in [2.24, 2.45) is 0 Å². The predicted molar refractivity (Wildman–Crippen MR) is 352 cm³/mol. The second-order valence-electron chi connectivity index (χ2n) is 20.9. The van der Waals surface area contributed by atoms with Gasteiger partial charge in [-0.15, -0.1) is 0 Å². The van der Waals surface area contributed by atoms with Crippen LogP contribution < -0.4 is 0 Å². The number of rotatable bonds is 57.